The molecule has 8 heteroatoms. The van der Waals surface area contributed by atoms with Crippen molar-refractivity contribution in [2.75, 3.05) is 34.4 Å². The van der Waals surface area contributed by atoms with Crippen LogP contribution in [-0.2, 0) is 14.3 Å². The van der Waals surface area contributed by atoms with Gasteiger partial charge in [-0.25, -0.2) is 0 Å². The number of amides is 2. The van der Waals surface area contributed by atoms with Crippen molar-refractivity contribution in [3.05, 3.63) is 65.2 Å². The lowest BCUT2D eigenvalue weighted by molar-refractivity contribution is -0.146. The van der Waals surface area contributed by atoms with Gasteiger partial charge in [-0.05, 0) is 37.0 Å². The van der Waals surface area contributed by atoms with E-state index in [9.17, 15) is 14.9 Å². The quantitative estimate of drug-likeness (QED) is 0.660. The number of fused-ring (bicyclic) bond motifs is 3. The molecular weight excluding hydrogens is 446 g/mol. The first-order chi connectivity index (χ1) is 16.9. The molecule has 0 spiro atoms. The van der Waals surface area contributed by atoms with Crippen LogP contribution in [0.2, 0.25) is 0 Å². The molecule has 0 N–H and O–H groups in total. The Morgan fingerprint density at radius 3 is 2.51 bits per heavy atom. The Kier molecular flexibility index (Phi) is 7.69. The third-order valence-corrected chi connectivity index (χ3v) is 6.84. The van der Waals surface area contributed by atoms with Crippen LogP contribution in [0, 0.1) is 11.3 Å². The maximum Gasteiger partial charge on any atom is 0.258 e. The number of carbonyl (C=O) groups excluding carboxylic acids is 2. The summed E-state index contributed by atoms with van der Waals surface area (Å²) in [6.07, 6.45) is 1.72. The number of likely N-dealkylation sites (N-methyl/N-ethyl adjacent to an activating group) is 2. The van der Waals surface area contributed by atoms with E-state index >= 15 is 0 Å². The van der Waals surface area contributed by atoms with E-state index in [0.29, 0.717) is 18.5 Å². The maximum atomic E-state index is 13.8. The summed E-state index contributed by atoms with van der Waals surface area (Å²) in [5, 5.41) is 9.73. The molecule has 0 aliphatic carbocycles. The fourth-order valence-corrected chi connectivity index (χ4v) is 4.81. The summed E-state index contributed by atoms with van der Waals surface area (Å²) in [7, 11) is 5.01. The lowest BCUT2D eigenvalue weighted by Gasteiger charge is -2.37. The van der Waals surface area contributed by atoms with Crippen molar-refractivity contribution in [3.63, 3.8) is 0 Å². The molecule has 0 saturated carbocycles. The number of carbonyl (C=O) groups is 2. The minimum absolute atomic E-state index is 0.0478. The van der Waals surface area contributed by atoms with E-state index in [1.165, 1.54) is 4.90 Å². The van der Waals surface area contributed by atoms with Crippen LogP contribution in [0.5, 0.6) is 5.75 Å². The average Bonchev–Trinajstić information content (AvgIpc) is 2.89. The lowest BCUT2D eigenvalue weighted by atomic mass is 9.98. The Balaban J connectivity index is 1.78. The number of nitrogens with zero attached hydrogens (tertiary/aromatic N) is 3. The van der Waals surface area contributed by atoms with Crippen LogP contribution >= 0.6 is 0 Å². The summed E-state index contributed by atoms with van der Waals surface area (Å²) < 4.78 is 18.0. The molecule has 184 valence electrons. The molecule has 35 heavy (non-hydrogen) atoms. The predicted molar refractivity (Wildman–Crippen MR) is 129 cm³/mol. The molecule has 2 aliphatic rings. The minimum atomic E-state index is -0.826. The molecule has 2 aromatic rings. The highest BCUT2D eigenvalue weighted by molar-refractivity contribution is 6.00. The summed E-state index contributed by atoms with van der Waals surface area (Å²) in [5.74, 6) is -0.405. The third-order valence-electron chi connectivity index (χ3n) is 6.84. The van der Waals surface area contributed by atoms with Gasteiger partial charge in [-0.2, -0.15) is 5.26 Å². The van der Waals surface area contributed by atoms with E-state index in [1.54, 1.807) is 44.3 Å². The maximum absolute atomic E-state index is 13.8. The van der Waals surface area contributed by atoms with Crippen LogP contribution in [0.4, 0.5) is 0 Å². The molecule has 4 rings (SSSR count). The molecule has 0 aromatic heterocycles. The number of hydrogen-bond acceptors (Lipinski definition) is 6. The fraction of sp³-hybridized carbons (Fsp3) is 0.444. The van der Waals surface area contributed by atoms with E-state index < -0.39 is 11.9 Å². The number of ether oxygens (including phenoxy) is 3. The Morgan fingerprint density at radius 2 is 1.80 bits per heavy atom. The van der Waals surface area contributed by atoms with Gasteiger partial charge in [0.1, 0.15) is 30.6 Å². The van der Waals surface area contributed by atoms with Crippen molar-refractivity contribution < 1.29 is 23.8 Å². The van der Waals surface area contributed by atoms with E-state index in [4.69, 9.17) is 14.2 Å². The van der Waals surface area contributed by atoms with Crippen molar-refractivity contribution in [2.24, 2.45) is 0 Å². The van der Waals surface area contributed by atoms with E-state index in [1.807, 2.05) is 30.3 Å². The van der Waals surface area contributed by atoms with Gasteiger partial charge in [0.25, 0.3) is 5.91 Å². The second kappa shape index (κ2) is 10.9. The second-order valence-corrected chi connectivity index (χ2v) is 9.03. The standard InChI is InChI=1S/C27H31N3O5/c1-29-15-14-20-12-13-22(33-3)23(35-20)17-34-25-19(16-28)10-7-11-21(25)26(31)30(2)24(27(29)32)18-8-5-4-6-9-18/h4-11,20,22-24H,12-15,17H2,1-3H3/t20-,22-,23-,24+/m0/s1. The van der Waals surface area contributed by atoms with Crippen molar-refractivity contribution in [1.29, 1.82) is 5.26 Å². The van der Waals surface area contributed by atoms with Crippen LogP contribution < -0.4 is 4.74 Å². The van der Waals surface area contributed by atoms with E-state index in [-0.39, 0.29) is 47.7 Å². The smallest absolute Gasteiger partial charge is 0.258 e. The zero-order valence-corrected chi connectivity index (χ0v) is 20.3. The zero-order valence-electron chi connectivity index (χ0n) is 20.3. The largest absolute Gasteiger partial charge is 0.489 e. The molecule has 8 nitrogen and oxygen atoms in total. The van der Waals surface area contributed by atoms with Gasteiger partial charge in [0, 0.05) is 27.7 Å². The fourth-order valence-electron chi connectivity index (χ4n) is 4.81. The highest BCUT2D eigenvalue weighted by Gasteiger charge is 2.36. The van der Waals surface area contributed by atoms with Crippen LogP contribution in [0.15, 0.2) is 48.5 Å². The number of hydrogen-bond donors (Lipinski definition) is 0. The van der Waals surface area contributed by atoms with Gasteiger partial charge in [-0.15, -0.1) is 0 Å². The summed E-state index contributed by atoms with van der Waals surface area (Å²) in [6.45, 7) is 0.643. The highest BCUT2D eigenvalue weighted by atomic mass is 16.6. The van der Waals surface area contributed by atoms with Crippen LogP contribution in [-0.4, -0.2) is 74.3 Å². The monoisotopic (exact) mass is 477 g/mol. The number of nitriles is 1. The zero-order chi connectivity index (χ0) is 24.9. The molecule has 2 aromatic carbocycles. The summed E-state index contributed by atoms with van der Waals surface area (Å²) in [6, 6.07) is 15.4. The van der Waals surface area contributed by atoms with Crippen molar-refractivity contribution in [2.45, 2.75) is 43.6 Å². The molecular formula is C27H31N3O5. The lowest BCUT2D eigenvalue weighted by Crippen LogP contribution is -2.46. The average molecular weight is 478 g/mol. The van der Waals surface area contributed by atoms with Crippen molar-refractivity contribution in [3.8, 4) is 11.8 Å². The predicted octanol–water partition coefficient (Wildman–Crippen LogP) is 3.18. The first-order valence-corrected chi connectivity index (χ1v) is 11.9. The molecule has 0 radical (unpaired) electrons. The first kappa shape index (κ1) is 24.7. The number of benzene rings is 2. The topological polar surface area (TPSA) is 92.1 Å². The van der Waals surface area contributed by atoms with Gasteiger partial charge in [0.05, 0.1) is 23.3 Å². The van der Waals surface area contributed by atoms with Crippen LogP contribution in [0.1, 0.15) is 46.8 Å². The summed E-state index contributed by atoms with van der Waals surface area (Å²) >= 11 is 0. The number of methoxy groups -OCH3 is 1. The molecule has 1 saturated heterocycles. The second-order valence-electron chi connectivity index (χ2n) is 9.03. The van der Waals surface area contributed by atoms with Gasteiger partial charge in [-0.1, -0.05) is 36.4 Å². The molecule has 2 heterocycles. The van der Waals surface area contributed by atoms with Crippen LogP contribution in [0.3, 0.4) is 0 Å². The van der Waals surface area contributed by atoms with Gasteiger partial charge < -0.3 is 24.0 Å². The Morgan fingerprint density at radius 1 is 1.03 bits per heavy atom. The molecule has 1 fully saturated rings. The number of para-hydroxylation sites is 1. The van der Waals surface area contributed by atoms with Gasteiger partial charge >= 0.3 is 0 Å². The Hall–Kier alpha value is -3.41. The van der Waals surface area contributed by atoms with Crippen molar-refractivity contribution in [1.82, 2.24) is 9.80 Å². The SMILES string of the molecule is CO[C@H]1CC[C@H]2CCN(C)C(=O)[C@@H](c3ccccc3)N(C)C(=O)c3cccc(C#N)c3OC[C@@H]1O2. The first-order valence-electron chi connectivity index (χ1n) is 11.9. The normalized spacial score (nSPS) is 25.8. The Labute approximate surface area is 206 Å². The molecule has 2 amide bonds. The van der Waals surface area contributed by atoms with E-state index in [2.05, 4.69) is 6.07 Å². The van der Waals surface area contributed by atoms with Gasteiger partial charge in [0.15, 0.2) is 0 Å². The number of rotatable bonds is 2. The third kappa shape index (κ3) is 5.16. The minimum Gasteiger partial charge on any atom is -0.489 e. The molecule has 0 unspecified atom stereocenters. The Bertz CT molecular complexity index is 1100. The summed E-state index contributed by atoms with van der Waals surface area (Å²) in [5.41, 5.74) is 1.18. The van der Waals surface area contributed by atoms with Gasteiger partial charge in [-0.3, -0.25) is 9.59 Å². The molecule has 2 aliphatic heterocycles. The van der Waals surface area contributed by atoms with Crippen LogP contribution in [0.25, 0.3) is 0 Å². The highest BCUT2D eigenvalue weighted by Crippen LogP contribution is 2.31. The summed E-state index contributed by atoms with van der Waals surface area (Å²) in [4.78, 5) is 30.5. The van der Waals surface area contributed by atoms with Crippen molar-refractivity contribution >= 4 is 11.8 Å². The molecule has 4 atom stereocenters. The van der Waals surface area contributed by atoms with Gasteiger partial charge in [0.2, 0.25) is 5.91 Å². The molecule has 2 bridgehead atoms. The van der Waals surface area contributed by atoms with E-state index in [0.717, 1.165) is 12.8 Å².